The van der Waals surface area contributed by atoms with Gasteiger partial charge in [-0.15, -0.1) is 0 Å². The second-order valence-electron chi connectivity index (χ2n) is 4.27. The number of benzene rings is 1. The van der Waals surface area contributed by atoms with Crippen LogP contribution in [0, 0.1) is 11.8 Å². The van der Waals surface area contributed by atoms with Gasteiger partial charge in [-0.25, -0.2) is 0 Å². The third-order valence-electron chi connectivity index (χ3n) is 2.77. The van der Waals surface area contributed by atoms with Crippen LogP contribution in [0.2, 0.25) is 0 Å². The van der Waals surface area contributed by atoms with Crippen LogP contribution in [0.3, 0.4) is 0 Å². The van der Waals surface area contributed by atoms with Crippen molar-refractivity contribution in [3.8, 4) is 0 Å². The van der Waals surface area contributed by atoms with E-state index in [0.29, 0.717) is 18.4 Å². The first-order valence-electron chi connectivity index (χ1n) is 5.46. The fourth-order valence-corrected chi connectivity index (χ4v) is 1.25. The van der Waals surface area contributed by atoms with Gasteiger partial charge in [-0.1, -0.05) is 57.7 Å². The number of allylic oxidation sites excluding steroid dienone is 1. The lowest BCUT2D eigenvalue weighted by atomic mass is 9.97. The van der Waals surface area contributed by atoms with Gasteiger partial charge < -0.3 is 4.74 Å². The van der Waals surface area contributed by atoms with Gasteiger partial charge in [-0.2, -0.15) is 0 Å². The second-order valence-corrected chi connectivity index (χ2v) is 4.27. The van der Waals surface area contributed by atoms with Crippen LogP contribution in [-0.4, -0.2) is 0 Å². The SMILES string of the molecule is C=C(OCc1ccccc1)[C@H](C)C(C)C. The summed E-state index contributed by atoms with van der Waals surface area (Å²) in [6.07, 6.45) is 0. The zero-order chi connectivity index (χ0) is 11.3. The third-order valence-corrected chi connectivity index (χ3v) is 2.77. The molecular formula is C14H20O. The van der Waals surface area contributed by atoms with Gasteiger partial charge >= 0.3 is 0 Å². The largest absolute Gasteiger partial charge is 0.494 e. The van der Waals surface area contributed by atoms with Gasteiger partial charge in [0, 0.05) is 5.92 Å². The first-order valence-corrected chi connectivity index (χ1v) is 5.46. The highest BCUT2D eigenvalue weighted by Gasteiger charge is 2.11. The normalized spacial score (nSPS) is 12.5. The molecule has 1 aromatic rings. The quantitative estimate of drug-likeness (QED) is 0.658. The van der Waals surface area contributed by atoms with E-state index in [1.54, 1.807) is 0 Å². The maximum absolute atomic E-state index is 5.66. The Morgan fingerprint density at radius 3 is 2.33 bits per heavy atom. The van der Waals surface area contributed by atoms with Crippen molar-refractivity contribution in [2.24, 2.45) is 11.8 Å². The van der Waals surface area contributed by atoms with Crippen molar-refractivity contribution in [1.82, 2.24) is 0 Å². The van der Waals surface area contributed by atoms with Crippen molar-refractivity contribution in [1.29, 1.82) is 0 Å². The van der Waals surface area contributed by atoms with Crippen LogP contribution < -0.4 is 0 Å². The van der Waals surface area contributed by atoms with Crippen molar-refractivity contribution in [2.75, 3.05) is 0 Å². The minimum absolute atomic E-state index is 0.411. The van der Waals surface area contributed by atoms with E-state index in [1.165, 1.54) is 5.56 Å². The van der Waals surface area contributed by atoms with Crippen molar-refractivity contribution in [2.45, 2.75) is 27.4 Å². The van der Waals surface area contributed by atoms with Gasteiger partial charge in [0.25, 0.3) is 0 Å². The fraction of sp³-hybridized carbons (Fsp3) is 0.429. The lowest BCUT2D eigenvalue weighted by Gasteiger charge is -2.19. The molecule has 0 saturated carbocycles. The molecule has 0 unspecified atom stereocenters. The van der Waals surface area contributed by atoms with Crippen LogP contribution in [0.5, 0.6) is 0 Å². The molecule has 82 valence electrons. The lowest BCUT2D eigenvalue weighted by molar-refractivity contribution is 0.156. The van der Waals surface area contributed by atoms with Crippen LogP contribution in [0.15, 0.2) is 42.7 Å². The second kappa shape index (κ2) is 5.59. The molecule has 0 aliphatic rings. The first kappa shape index (κ1) is 11.8. The Morgan fingerprint density at radius 2 is 1.80 bits per heavy atom. The number of hydrogen-bond donors (Lipinski definition) is 0. The summed E-state index contributed by atoms with van der Waals surface area (Å²) in [7, 11) is 0. The monoisotopic (exact) mass is 204 g/mol. The summed E-state index contributed by atoms with van der Waals surface area (Å²) in [5, 5.41) is 0. The van der Waals surface area contributed by atoms with Gasteiger partial charge in [-0.05, 0) is 11.5 Å². The molecule has 0 heterocycles. The molecule has 0 spiro atoms. The molecule has 0 aliphatic heterocycles. The fourth-order valence-electron chi connectivity index (χ4n) is 1.25. The van der Waals surface area contributed by atoms with Gasteiger partial charge in [0.05, 0.1) is 5.76 Å². The predicted octanol–water partition coefficient (Wildman–Crippen LogP) is 4.01. The summed E-state index contributed by atoms with van der Waals surface area (Å²) < 4.78 is 5.66. The lowest BCUT2D eigenvalue weighted by Crippen LogP contribution is -2.09. The van der Waals surface area contributed by atoms with Crippen molar-refractivity contribution >= 4 is 0 Å². The molecule has 0 saturated heterocycles. The van der Waals surface area contributed by atoms with Gasteiger partial charge in [0.2, 0.25) is 0 Å². The molecule has 0 N–H and O–H groups in total. The Bertz CT molecular complexity index is 300. The molecule has 0 aliphatic carbocycles. The van der Waals surface area contributed by atoms with E-state index in [9.17, 15) is 0 Å². The van der Waals surface area contributed by atoms with Crippen molar-refractivity contribution < 1.29 is 4.74 Å². The van der Waals surface area contributed by atoms with Gasteiger partial charge in [-0.3, -0.25) is 0 Å². The summed E-state index contributed by atoms with van der Waals surface area (Å²) in [6, 6.07) is 10.2. The molecule has 0 bridgehead atoms. The third kappa shape index (κ3) is 3.78. The molecule has 0 radical (unpaired) electrons. The topological polar surface area (TPSA) is 9.23 Å². The van der Waals surface area contributed by atoms with E-state index in [4.69, 9.17) is 4.74 Å². The average Bonchev–Trinajstić information content (AvgIpc) is 2.26. The Kier molecular flexibility index (Phi) is 4.41. The first-order chi connectivity index (χ1) is 7.11. The van der Waals surface area contributed by atoms with Crippen LogP contribution in [0.4, 0.5) is 0 Å². The van der Waals surface area contributed by atoms with Crippen LogP contribution >= 0.6 is 0 Å². The minimum atomic E-state index is 0.411. The van der Waals surface area contributed by atoms with E-state index < -0.39 is 0 Å². The van der Waals surface area contributed by atoms with Crippen LogP contribution in [0.1, 0.15) is 26.3 Å². The molecule has 0 fully saturated rings. The Morgan fingerprint density at radius 1 is 1.20 bits per heavy atom. The Balaban J connectivity index is 2.41. The average molecular weight is 204 g/mol. The Hall–Kier alpha value is -1.24. The summed E-state index contributed by atoms with van der Waals surface area (Å²) in [5.41, 5.74) is 1.19. The number of ether oxygens (including phenoxy) is 1. The summed E-state index contributed by atoms with van der Waals surface area (Å²) >= 11 is 0. The van der Waals surface area contributed by atoms with Crippen LogP contribution in [-0.2, 0) is 11.3 Å². The highest BCUT2D eigenvalue weighted by Crippen LogP contribution is 2.20. The molecule has 1 atom stereocenters. The van der Waals surface area contributed by atoms with Crippen molar-refractivity contribution in [3.05, 3.63) is 48.2 Å². The summed E-state index contributed by atoms with van der Waals surface area (Å²) in [4.78, 5) is 0. The van der Waals surface area contributed by atoms with Crippen molar-refractivity contribution in [3.63, 3.8) is 0 Å². The summed E-state index contributed by atoms with van der Waals surface area (Å²) in [6.45, 7) is 11.1. The van der Waals surface area contributed by atoms with E-state index in [-0.39, 0.29) is 0 Å². The zero-order valence-corrected chi connectivity index (χ0v) is 9.86. The van der Waals surface area contributed by atoms with E-state index >= 15 is 0 Å². The minimum Gasteiger partial charge on any atom is -0.494 e. The maximum atomic E-state index is 5.66. The smallest absolute Gasteiger partial charge is 0.113 e. The van der Waals surface area contributed by atoms with Gasteiger partial charge in [0.15, 0.2) is 0 Å². The van der Waals surface area contributed by atoms with Gasteiger partial charge in [0.1, 0.15) is 6.61 Å². The number of hydrogen-bond acceptors (Lipinski definition) is 1. The highest BCUT2D eigenvalue weighted by molar-refractivity contribution is 5.13. The maximum Gasteiger partial charge on any atom is 0.113 e. The predicted molar refractivity (Wildman–Crippen MR) is 64.4 cm³/mol. The molecule has 0 amide bonds. The highest BCUT2D eigenvalue weighted by atomic mass is 16.5. The Labute approximate surface area is 92.8 Å². The molecule has 1 aromatic carbocycles. The van der Waals surface area contributed by atoms with Crippen LogP contribution in [0.25, 0.3) is 0 Å². The molecule has 15 heavy (non-hydrogen) atoms. The molecule has 1 heteroatoms. The molecule has 1 rings (SSSR count). The van der Waals surface area contributed by atoms with E-state index in [1.807, 2.05) is 18.2 Å². The van der Waals surface area contributed by atoms with E-state index in [0.717, 1.165) is 5.76 Å². The molecule has 1 nitrogen and oxygen atoms in total. The molecule has 0 aromatic heterocycles. The number of rotatable bonds is 5. The zero-order valence-electron chi connectivity index (χ0n) is 9.86. The van der Waals surface area contributed by atoms with E-state index in [2.05, 4.69) is 39.5 Å². The molecular weight excluding hydrogens is 184 g/mol. The standard InChI is InChI=1S/C14H20O/c1-11(2)12(3)13(4)15-10-14-8-6-5-7-9-14/h5-9,11-12H,4,10H2,1-3H3/t12-/m1/s1. The summed E-state index contributed by atoms with van der Waals surface area (Å²) in [5.74, 6) is 1.87.